The Balaban J connectivity index is 1.65. The summed E-state index contributed by atoms with van der Waals surface area (Å²) in [7, 11) is 0. The first-order chi connectivity index (χ1) is 13.5. The SMILES string of the molecule is CCOC(=O)c1ccc(COc2ccn(Cc3cccc(N)c3C)c(=O)c2)o1. The molecule has 0 fully saturated rings. The first-order valence-electron chi connectivity index (χ1n) is 8.91. The van der Waals surface area contributed by atoms with Gasteiger partial charge in [0.15, 0.2) is 0 Å². The van der Waals surface area contributed by atoms with E-state index >= 15 is 0 Å². The maximum atomic E-state index is 12.4. The van der Waals surface area contributed by atoms with Gasteiger partial charge in [-0.1, -0.05) is 12.1 Å². The Hall–Kier alpha value is -3.48. The van der Waals surface area contributed by atoms with Crippen molar-refractivity contribution in [2.24, 2.45) is 0 Å². The van der Waals surface area contributed by atoms with Crippen molar-refractivity contribution in [3.8, 4) is 5.75 Å². The summed E-state index contributed by atoms with van der Waals surface area (Å²) in [6, 6.07) is 11.9. The van der Waals surface area contributed by atoms with Gasteiger partial charge in [-0.2, -0.15) is 0 Å². The number of rotatable bonds is 7. The van der Waals surface area contributed by atoms with Gasteiger partial charge in [0.1, 0.15) is 18.1 Å². The zero-order valence-corrected chi connectivity index (χ0v) is 15.8. The van der Waals surface area contributed by atoms with Crippen molar-refractivity contribution < 1.29 is 18.7 Å². The second-order valence-electron chi connectivity index (χ2n) is 6.24. The maximum Gasteiger partial charge on any atom is 0.374 e. The quantitative estimate of drug-likeness (QED) is 0.498. The average molecular weight is 382 g/mol. The Kier molecular flexibility index (Phi) is 5.84. The maximum absolute atomic E-state index is 12.4. The number of hydrogen-bond donors (Lipinski definition) is 1. The number of anilines is 1. The van der Waals surface area contributed by atoms with E-state index < -0.39 is 5.97 Å². The van der Waals surface area contributed by atoms with Gasteiger partial charge in [-0.25, -0.2) is 4.79 Å². The number of nitrogens with zero attached hydrogens (tertiary/aromatic N) is 1. The molecule has 0 bridgehead atoms. The summed E-state index contributed by atoms with van der Waals surface area (Å²) >= 11 is 0. The molecule has 3 aromatic rings. The van der Waals surface area contributed by atoms with E-state index in [1.807, 2.05) is 25.1 Å². The lowest BCUT2D eigenvalue weighted by atomic mass is 10.1. The van der Waals surface area contributed by atoms with Crippen molar-refractivity contribution >= 4 is 11.7 Å². The number of nitrogens with two attached hydrogens (primary N) is 1. The molecule has 2 heterocycles. The van der Waals surface area contributed by atoms with E-state index in [1.54, 1.807) is 29.8 Å². The topological polar surface area (TPSA) is 96.7 Å². The van der Waals surface area contributed by atoms with Crippen molar-refractivity contribution in [1.82, 2.24) is 4.57 Å². The first kappa shape index (κ1) is 19.3. The summed E-state index contributed by atoms with van der Waals surface area (Å²) in [5.41, 5.74) is 8.38. The molecule has 0 saturated heterocycles. The number of esters is 1. The molecule has 3 rings (SSSR count). The van der Waals surface area contributed by atoms with Crippen LogP contribution in [0.4, 0.5) is 5.69 Å². The smallest absolute Gasteiger partial charge is 0.374 e. The fraction of sp³-hybridized carbons (Fsp3) is 0.238. The fourth-order valence-electron chi connectivity index (χ4n) is 2.69. The highest BCUT2D eigenvalue weighted by molar-refractivity contribution is 5.86. The lowest BCUT2D eigenvalue weighted by Gasteiger charge is -2.11. The normalized spacial score (nSPS) is 10.6. The minimum Gasteiger partial charge on any atom is -0.485 e. The highest BCUT2D eigenvalue weighted by Crippen LogP contribution is 2.17. The van der Waals surface area contributed by atoms with E-state index in [2.05, 4.69) is 0 Å². The van der Waals surface area contributed by atoms with Crippen LogP contribution in [0.15, 0.2) is 57.9 Å². The van der Waals surface area contributed by atoms with E-state index in [-0.39, 0.29) is 24.5 Å². The lowest BCUT2D eigenvalue weighted by Crippen LogP contribution is -2.19. The number of carbonyl (C=O) groups excluding carboxylic acids is 1. The van der Waals surface area contributed by atoms with Crippen molar-refractivity contribution in [1.29, 1.82) is 0 Å². The third-order valence-electron chi connectivity index (χ3n) is 4.32. The minimum atomic E-state index is -0.520. The van der Waals surface area contributed by atoms with Crippen molar-refractivity contribution in [3.63, 3.8) is 0 Å². The molecule has 0 spiro atoms. The van der Waals surface area contributed by atoms with Gasteiger partial charge in [-0.05, 0) is 49.2 Å². The molecule has 7 heteroatoms. The van der Waals surface area contributed by atoms with Gasteiger partial charge in [0.05, 0.1) is 13.2 Å². The zero-order valence-electron chi connectivity index (χ0n) is 15.8. The molecule has 0 unspecified atom stereocenters. The number of furan rings is 1. The largest absolute Gasteiger partial charge is 0.485 e. The Labute approximate surface area is 162 Å². The summed E-state index contributed by atoms with van der Waals surface area (Å²) in [6.07, 6.45) is 1.67. The molecule has 2 N–H and O–H groups in total. The minimum absolute atomic E-state index is 0.0944. The summed E-state index contributed by atoms with van der Waals surface area (Å²) in [4.78, 5) is 24.0. The molecule has 0 radical (unpaired) electrons. The molecule has 2 aromatic heterocycles. The summed E-state index contributed by atoms with van der Waals surface area (Å²) in [5, 5.41) is 0. The molecule has 0 amide bonds. The van der Waals surface area contributed by atoms with Crippen LogP contribution in [0.5, 0.6) is 5.75 Å². The standard InChI is InChI=1S/C21H22N2O5/c1-3-26-21(25)19-8-7-17(28-19)13-27-16-9-10-23(20(24)11-16)12-15-5-4-6-18(22)14(15)2/h4-11H,3,12-13,22H2,1-2H3. The third kappa shape index (κ3) is 4.43. The molecule has 0 aliphatic rings. The summed E-state index contributed by atoms with van der Waals surface area (Å²) in [6.45, 7) is 4.45. The Morgan fingerprint density at radius 3 is 2.79 bits per heavy atom. The van der Waals surface area contributed by atoms with Crippen molar-refractivity contribution in [3.05, 3.63) is 81.7 Å². The van der Waals surface area contributed by atoms with Crippen LogP contribution in [-0.4, -0.2) is 17.1 Å². The number of nitrogen functional groups attached to an aromatic ring is 1. The van der Waals surface area contributed by atoms with Crippen LogP contribution in [0, 0.1) is 6.92 Å². The van der Waals surface area contributed by atoms with E-state index in [4.69, 9.17) is 19.6 Å². The van der Waals surface area contributed by atoms with Crippen molar-refractivity contribution in [2.45, 2.75) is 27.0 Å². The number of carbonyl (C=O) groups is 1. The Morgan fingerprint density at radius 2 is 2.04 bits per heavy atom. The van der Waals surface area contributed by atoms with E-state index in [1.165, 1.54) is 12.1 Å². The van der Waals surface area contributed by atoms with Crippen LogP contribution < -0.4 is 16.0 Å². The second-order valence-corrected chi connectivity index (χ2v) is 6.24. The number of ether oxygens (including phenoxy) is 2. The van der Waals surface area contributed by atoms with Crippen LogP contribution in [0.25, 0.3) is 0 Å². The predicted octanol–water partition coefficient (Wildman–Crippen LogP) is 3.14. The molecular formula is C21H22N2O5. The van der Waals surface area contributed by atoms with Gasteiger partial charge in [0.2, 0.25) is 5.76 Å². The highest BCUT2D eigenvalue weighted by atomic mass is 16.5. The van der Waals surface area contributed by atoms with Gasteiger partial charge in [0, 0.05) is 18.0 Å². The summed E-state index contributed by atoms with van der Waals surface area (Å²) < 4.78 is 17.4. The molecule has 28 heavy (non-hydrogen) atoms. The molecule has 7 nitrogen and oxygen atoms in total. The number of hydrogen-bond acceptors (Lipinski definition) is 6. The number of aromatic nitrogens is 1. The molecule has 0 saturated carbocycles. The van der Waals surface area contributed by atoms with Crippen LogP contribution in [0.3, 0.4) is 0 Å². The van der Waals surface area contributed by atoms with E-state index in [0.717, 1.165) is 11.1 Å². The zero-order chi connectivity index (χ0) is 20.1. The molecule has 0 atom stereocenters. The summed E-state index contributed by atoms with van der Waals surface area (Å²) in [5.74, 6) is 0.476. The van der Waals surface area contributed by atoms with Crippen LogP contribution in [-0.2, 0) is 17.9 Å². The van der Waals surface area contributed by atoms with Crippen molar-refractivity contribution in [2.75, 3.05) is 12.3 Å². The van der Waals surface area contributed by atoms with Crippen LogP contribution in [0.2, 0.25) is 0 Å². The monoisotopic (exact) mass is 382 g/mol. The highest BCUT2D eigenvalue weighted by Gasteiger charge is 2.12. The predicted molar refractivity (Wildman–Crippen MR) is 104 cm³/mol. The average Bonchev–Trinajstić information content (AvgIpc) is 3.15. The van der Waals surface area contributed by atoms with Crippen LogP contribution in [0.1, 0.15) is 34.4 Å². The molecule has 0 aliphatic heterocycles. The van der Waals surface area contributed by atoms with E-state index in [9.17, 15) is 9.59 Å². The third-order valence-corrected chi connectivity index (χ3v) is 4.32. The van der Waals surface area contributed by atoms with Gasteiger partial charge in [-0.15, -0.1) is 0 Å². The Bertz CT molecular complexity index is 1040. The molecular weight excluding hydrogens is 360 g/mol. The lowest BCUT2D eigenvalue weighted by molar-refractivity contribution is 0.0486. The van der Waals surface area contributed by atoms with Gasteiger partial charge in [0.25, 0.3) is 5.56 Å². The molecule has 0 aliphatic carbocycles. The van der Waals surface area contributed by atoms with Crippen LogP contribution >= 0.6 is 0 Å². The van der Waals surface area contributed by atoms with Gasteiger partial charge < -0.3 is 24.2 Å². The second kappa shape index (κ2) is 8.47. The first-order valence-corrected chi connectivity index (χ1v) is 8.91. The van der Waals surface area contributed by atoms with Gasteiger partial charge >= 0.3 is 5.97 Å². The molecule has 1 aromatic carbocycles. The van der Waals surface area contributed by atoms with Gasteiger partial charge in [-0.3, -0.25) is 4.79 Å². The number of benzene rings is 1. The molecule has 146 valence electrons. The Morgan fingerprint density at radius 1 is 1.21 bits per heavy atom. The fourth-order valence-corrected chi connectivity index (χ4v) is 2.69. The van der Waals surface area contributed by atoms with E-state index in [0.29, 0.717) is 23.7 Å². The number of pyridine rings is 1.